The SMILES string of the molecule is O=C(NCCc1ncc[nH]1)C1CCS(=O)(=O)C1. The average Bonchev–Trinajstić information content (AvgIpc) is 2.87. The normalized spacial score (nSPS) is 22.5. The molecule has 1 unspecified atom stereocenters. The van der Waals surface area contributed by atoms with E-state index in [4.69, 9.17) is 0 Å². The van der Waals surface area contributed by atoms with Crippen molar-refractivity contribution >= 4 is 15.7 Å². The van der Waals surface area contributed by atoms with Crippen LogP contribution < -0.4 is 5.32 Å². The molecule has 1 aromatic rings. The van der Waals surface area contributed by atoms with E-state index in [9.17, 15) is 13.2 Å². The number of H-pyrrole nitrogens is 1. The summed E-state index contributed by atoms with van der Waals surface area (Å²) in [6.07, 6.45) is 4.44. The fourth-order valence-corrected chi connectivity index (χ4v) is 3.63. The number of aromatic nitrogens is 2. The van der Waals surface area contributed by atoms with Gasteiger partial charge in [0.15, 0.2) is 9.84 Å². The van der Waals surface area contributed by atoms with Crippen LogP contribution in [0.3, 0.4) is 0 Å². The van der Waals surface area contributed by atoms with Gasteiger partial charge in [0.1, 0.15) is 5.82 Å². The first-order valence-electron chi connectivity index (χ1n) is 5.53. The van der Waals surface area contributed by atoms with Gasteiger partial charge in [0.05, 0.1) is 17.4 Å². The van der Waals surface area contributed by atoms with Crippen LogP contribution in [0.15, 0.2) is 12.4 Å². The molecule has 0 aromatic carbocycles. The number of hydrogen-bond donors (Lipinski definition) is 2. The Bertz CT molecular complexity index is 481. The molecule has 17 heavy (non-hydrogen) atoms. The van der Waals surface area contributed by atoms with Crippen LogP contribution in [0, 0.1) is 5.92 Å². The Morgan fingerprint density at radius 3 is 3.00 bits per heavy atom. The summed E-state index contributed by atoms with van der Waals surface area (Å²) in [5.74, 6) is 0.377. The third-order valence-electron chi connectivity index (χ3n) is 2.82. The molecule has 6 nitrogen and oxygen atoms in total. The second-order valence-corrected chi connectivity index (χ2v) is 6.41. The number of amides is 1. The first kappa shape index (κ1) is 12.1. The van der Waals surface area contributed by atoms with Gasteiger partial charge in [0, 0.05) is 25.4 Å². The maximum Gasteiger partial charge on any atom is 0.224 e. The molecule has 0 bridgehead atoms. The van der Waals surface area contributed by atoms with Crippen molar-refractivity contribution in [1.82, 2.24) is 15.3 Å². The Kier molecular flexibility index (Phi) is 3.46. The van der Waals surface area contributed by atoms with E-state index >= 15 is 0 Å². The van der Waals surface area contributed by atoms with E-state index in [0.717, 1.165) is 5.82 Å². The van der Waals surface area contributed by atoms with Crippen molar-refractivity contribution in [3.05, 3.63) is 18.2 Å². The van der Waals surface area contributed by atoms with Crippen molar-refractivity contribution in [3.8, 4) is 0 Å². The molecule has 7 heteroatoms. The zero-order chi connectivity index (χ0) is 12.3. The minimum absolute atomic E-state index is 0.0143. The van der Waals surface area contributed by atoms with Gasteiger partial charge in [-0.2, -0.15) is 0 Å². The third kappa shape index (κ3) is 3.29. The molecule has 1 atom stereocenters. The van der Waals surface area contributed by atoms with Crippen LogP contribution in [0.4, 0.5) is 0 Å². The lowest BCUT2D eigenvalue weighted by Gasteiger charge is -2.08. The predicted molar refractivity (Wildman–Crippen MR) is 62.1 cm³/mol. The molecule has 2 heterocycles. The van der Waals surface area contributed by atoms with Crippen LogP contribution in [0.5, 0.6) is 0 Å². The number of aromatic amines is 1. The van der Waals surface area contributed by atoms with E-state index < -0.39 is 9.84 Å². The number of nitrogens with one attached hydrogen (secondary N) is 2. The molecule has 1 aliphatic heterocycles. The van der Waals surface area contributed by atoms with Gasteiger partial charge in [0.25, 0.3) is 0 Å². The van der Waals surface area contributed by atoms with Gasteiger partial charge in [0.2, 0.25) is 5.91 Å². The highest BCUT2D eigenvalue weighted by atomic mass is 32.2. The molecule has 2 rings (SSSR count). The second kappa shape index (κ2) is 4.87. The van der Waals surface area contributed by atoms with Crippen LogP contribution in [0.1, 0.15) is 12.2 Å². The summed E-state index contributed by atoms with van der Waals surface area (Å²) in [6.45, 7) is 0.475. The Labute approximate surface area is 99.7 Å². The largest absolute Gasteiger partial charge is 0.355 e. The highest BCUT2D eigenvalue weighted by Crippen LogP contribution is 2.18. The maximum absolute atomic E-state index is 11.7. The fraction of sp³-hybridized carbons (Fsp3) is 0.600. The Balaban J connectivity index is 1.75. The predicted octanol–water partition coefficient (Wildman–Crippen LogP) is -0.497. The zero-order valence-electron chi connectivity index (χ0n) is 9.35. The van der Waals surface area contributed by atoms with Crippen molar-refractivity contribution in [2.75, 3.05) is 18.1 Å². The number of imidazole rings is 1. The molecule has 2 N–H and O–H groups in total. The third-order valence-corrected chi connectivity index (χ3v) is 4.59. The van der Waals surface area contributed by atoms with E-state index in [2.05, 4.69) is 15.3 Å². The average molecular weight is 257 g/mol. The molecular weight excluding hydrogens is 242 g/mol. The number of hydrogen-bond acceptors (Lipinski definition) is 4. The van der Waals surface area contributed by atoms with Gasteiger partial charge in [-0.3, -0.25) is 4.79 Å². The van der Waals surface area contributed by atoms with Gasteiger partial charge < -0.3 is 10.3 Å². The quantitative estimate of drug-likeness (QED) is 0.761. The standard InChI is InChI=1S/C10H15N3O3S/c14-10(8-2-6-17(15,16)7-8)13-3-1-9-11-4-5-12-9/h4-5,8H,1-3,6-7H2,(H,11,12)(H,13,14). The first-order valence-corrected chi connectivity index (χ1v) is 7.35. The van der Waals surface area contributed by atoms with Crippen LogP contribution in [0.2, 0.25) is 0 Å². The van der Waals surface area contributed by atoms with E-state index in [1.54, 1.807) is 12.4 Å². The van der Waals surface area contributed by atoms with Crippen LogP contribution in [-0.2, 0) is 21.1 Å². The number of sulfone groups is 1. The van der Waals surface area contributed by atoms with Crippen LogP contribution >= 0.6 is 0 Å². The van der Waals surface area contributed by atoms with Crippen molar-refractivity contribution in [2.45, 2.75) is 12.8 Å². The highest BCUT2D eigenvalue weighted by molar-refractivity contribution is 7.91. The molecule has 1 amide bonds. The fourth-order valence-electron chi connectivity index (χ4n) is 1.88. The monoisotopic (exact) mass is 257 g/mol. The van der Waals surface area contributed by atoms with Crippen molar-refractivity contribution in [1.29, 1.82) is 0 Å². The molecule has 1 aliphatic rings. The van der Waals surface area contributed by atoms with E-state index in [-0.39, 0.29) is 23.3 Å². The van der Waals surface area contributed by atoms with Crippen molar-refractivity contribution in [2.24, 2.45) is 5.92 Å². The summed E-state index contributed by atoms with van der Waals surface area (Å²) in [4.78, 5) is 18.6. The lowest BCUT2D eigenvalue weighted by atomic mass is 10.1. The zero-order valence-corrected chi connectivity index (χ0v) is 10.2. The summed E-state index contributed by atoms with van der Waals surface area (Å²) in [6, 6.07) is 0. The van der Waals surface area contributed by atoms with Crippen LogP contribution in [-0.4, -0.2) is 42.3 Å². The molecule has 0 saturated carbocycles. The molecule has 1 aromatic heterocycles. The van der Waals surface area contributed by atoms with Crippen molar-refractivity contribution in [3.63, 3.8) is 0 Å². The number of nitrogens with zero attached hydrogens (tertiary/aromatic N) is 1. The number of carbonyl (C=O) groups is 1. The topological polar surface area (TPSA) is 91.9 Å². The number of carbonyl (C=O) groups excluding carboxylic acids is 1. The van der Waals surface area contributed by atoms with Gasteiger partial charge >= 0.3 is 0 Å². The minimum atomic E-state index is -2.99. The Hall–Kier alpha value is -1.37. The van der Waals surface area contributed by atoms with Crippen LogP contribution in [0.25, 0.3) is 0 Å². The summed E-state index contributed by atoms with van der Waals surface area (Å²) in [5, 5.41) is 2.74. The Morgan fingerprint density at radius 2 is 2.41 bits per heavy atom. The first-order chi connectivity index (χ1) is 8.07. The van der Waals surface area contributed by atoms with E-state index in [0.29, 0.717) is 19.4 Å². The van der Waals surface area contributed by atoms with E-state index in [1.807, 2.05) is 0 Å². The second-order valence-electron chi connectivity index (χ2n) is 4.18. The Morgan fingerprint density at radius 1 is 1.59 bits per heavy atom. The molecule has 1 saturated heterocycles. The minimum Gasteiger partial charge on any atom is -0.355 e. The number of rotatable bonds is 4. The molecule has 1 fully saturated rings. The molecule has 0 radical (unpaired) electrons. The van der Waals surface area contributed by atoms with Gasteiger partial charge in [-0.1, -0.05) is 0 Å². The molecule has 94 valence electrons. The lowest BCUT2D eigenvalue weighted by Crippen LogP contribution is -2.32. The van der Waals surface area contributed by atoms with Crippen molar-refractivity contribution < 1.29 is 13.2 Å². The maximum atomic E-state index is 11.7. The van der Waals surface area contributed by atoms with Gasteiger partial charge in [-0.15, -0.1) is 0 Å². The molecule has 0 spiro atoms. The summed E-state index contributed by atoms with van der Waals surface area (Å²) in [5.41, 5.74) is 0. The smallest absolute Gasteiger partial charge is 0.224 e. The molecule has 0 aliphatic carbocycles. The summed E-state index contributed by atoms with van der Waals surface area (Å²) in [7, 11) is -2.99. The molecular formula is C10H15N3O3S. The van der Waals surface area contributed by atoms with Gasteiger partial charge in [-0.05, 0) is 6.42 Å². The van der Waals surface area contributed by atoms with E-state index in [1.165, 1.54) is 0 Å². The summed E-state index contributed by atoms with van der Waals surface area (Å²) >= 11 is 0. The van der Waals surface area contributed by atoms with Gasteiger partial charge in [-0.25, -0.2) is 13.4 Å². The summed E-state index contributed by atoms with van der Waals surface area (Å²) < 4.78 is 22.4. The lowest BCUT2D eigenvalue weighted by molar-refractivity contribution is -0.124. The highest BCUT2D eigenvalue weighted by Gasteiger charge is 2.32.